The van der Waals surface area contributed by atoms with Gasteiger partial charge in [0, 0.05) is 6.08 Å². The first-order chi connectivity index (χ1) is 6.20. The third-order valence-electron chi connectivity index (χ3n) is 1.77. The maximum absolute atomic E-state index is 11.6. The van der Waals surface area contributed by atoms with Gasteiger partial charge in [-0.15, -0.1) is 0 Å². The van der Waals surface area contributed by atoms with Crippen LogP contribution in [-0.4, -0.2) is 16.7 Å². The molecule has 13 heavy (non-hydrogen) atoms. The molecule has 2 heterocycles. The molecule has 0 amide bonds. The molecule has 0 aromatic carbocycles. The zero-order valence-electron chi connectivity index (χ0n) is 6.74. The third-order valence-corrected chi connectivity index (χ3v) is 3.25. The number of rotatable bonds is 1. The summed E-state index contributed by atoms with van der Waals surface area (Å²) in [6.45, 7) is 0.484. The highest BCUT2D eigenvalue weighted by atomic mass is 32.2. The smallest absolute Gasteiger partial charge is 0.137 e. The topological polar surface area (TPSA) is 76.2 Å². The minimum Gasteiger partial charge on any atom is -0.488 e. The molecule has 2 aliphatic heterocycles. The maximum Gasteiger partial charge on any atom is 0.137 e. The van der Waals surface area contributed by atoms with Gasteiger partial charge in [-0.05, 0) is 12.2 Å². The fraction of sp³-hybridized carbons (Fsp3) is 0.125. The van der Waals surface area contributed by atoms with E-state index in [1.54, 1.807) is 18.2 Å². The number of ether oxygens (including phenoxy) is 1. The first-order valence-electron chi connectivity index (χ1n) is 3.71. The maximum atomic E-state index is 11.6. The van der Waals surface area contributed by atoms with Crippen LogP contribution < -0.4 is 5.73 Å². The fourth-order valence-corrected chi connectivity index (χ4v) is 2.35. The minimum atomic E-state index is -1.33. The molecule has 2 aliphatic rings. The molecule has 5 heteroatoms. The van der Waals surface area contributed by atoms with Crippen LogP contribution in [0.1, 0.15) is 0 Å². The Balaban J connectivity index is 2.41. The van der Waals surface area contributed by atoms with Crippen molar-refractivity contribution in [1.82, 2.24) is 0 Å². The number of nitrogens with two attached hydrogens (primary N) is 1. The van der Waals surface area contributed by atoms with Gasteiger partial charge in [0.15, 0.2) is 0 Å². The molecule has 0 radical (unpaired) electrons. The zero-order valence-corrected chi connectivity index (χ0v) is 7.56. The van der Waals surface area contributed by atoms with E-state index in [0.717, 1.165) is 0 Å². The zero-order chi connectivity index (χ0) is 9.42. The van der Waals surface area contributed by atoms with E-state index in [0.29, 0.717) is 22.2 Å². The van der Waals surface area contributed by atoms with Gasteiger partial charge < -0.3 is 10.5 Å². The Bertz CT molecular complexity index is 393. The van der Waals surface area contributed by atoms with Crippen molar-refractivity contribution in [3.05, 3.63) is 33.8 Å². The van der Waals surface area contributed by atoms with E-state index in [-0.39, 0.29) is 5.84 Å². The normalized spacial score (nSPS) is 25.2. The van der Waals surface area contributed by atoms with Crippen LogP contribution in [0.5, 0.6) is 0 Å². The van der Waals surface area contributed by atoms with Crippen molar-refractivity contribution in [2.24, 2.45) is 5.73 Å². The van der Waals surface area contributed by atoms with E-state index < -0.39 is 10.8 Å². The molecule has 3 N–H and O–H groups in total. The van der Waals surface area contributed by atoms with E-state index in [1.165, 1.54) is 0 Å². The van der Waals surface area contributed by atoms with Crippen LogP contribution in [0.4, 0.5) is 0 Å². The Hall–Kier alpha value is -1.36. The molecule has 0 aromatic rings. The lowest BCUT2D eigenvalue weighted by atomic mass is 10.3. The summed E-state index contributed by atoms with van der Waals surface area (Å²) in [7, 11) is -1.33. The van der Waals surface area contributed by atoms with Crippen LogP contribution in [0.15, 0.2) is 33.8 Å². The van der Waals surface area contributed by atoms with E-state index in [2.05, 4.69) is 0 Å². The molecule has 0 aromatic heterocycles. The molecule has 0 saturated heterocycles. The second kappa shape index (κ2) is 2.85. The molecular formula is C8H8N2O2S. The van der Waals surface area contributed by atoms with Gasteiger partial charge in [-0.3, -0.25) is 5.41 Å². The number of amidine groups is 1. The monoisotopic (exact) mass is 196 g/mol. The second-order valence-corrected chi connectivity index (χ2v) is 4.05. The molecule has 0 bridgehead atoms. The quantitative estimate of drug-likeness (QED) is 0.470. The number of allylic oxidation sites excluding steroid dienone is 2. The first kappa shape index (κ1) is 8.25. The Morgan fingerprint density at radius 3 is 3.08 bits per heavy atom. The summed E-state index contributed by atoms with van der Waals surface area (Å²) in [6, 6.07) is 0. The number of hydrogen-bond donors (Lipinski definition) is 2. The summed E-state index contributed by atoms with van der Waals surface area (Å²) in [5.41, 5.74) is 5.26. The summed E-state index contributed by atoms with van der Waals surface area (Å²) in [5, 5.41) is 7.18. The Morgan fingerprint density at radius 1 is 1.69 bits per heavy atom. The standard InChI is InChI=1S/C8H8N2O2S/c9-8(10)7-4-5-6(13(7)11)2-1-3-12-5/h1-2,4H,3H2,(H3,9,10). The molecule has 0 fully saturated rings. The van der Waals surface area contributed by atoms with Gasteiger partial charge in [0.2, 0.25) is 0 Å². The van der Waals surface area contributed by atoms with E-state index >= 15 is 0 Å². The molecule has 68 valence electrons. The molecule has 2 rings (SSSR count). The summed E-state index contributed by atoms with van der Waals surface area (Å²) >= 11 is 0. The SMILES string of the molecule is N=C(N)C1=CC2=C(C=CCO2)S1=O. The summed E-state index contributed by atoms with van der Waals surface area (Å²) in [5.74, 6) is 0.413. The average Bonchev–Trinajstić information content (AvgIpc) is 2.45. The molecule has 0 spiro atoms. The highest BCUT2D eigenvalue weighted by Crippen LogP contribution is 2.29. The second-order valence-electron chi connectivity index (χ2n) is 2.63. The molecule has 1 unspecified atom stereocenters. The van der Waals surface area contributed by atoms with E-state index in [9.17, 15) is 4.21 Å². The lowest BCUT2D eigenvalue weighted by Gasteiger charge is -2.07. The lowest BCUT2D eigenvalue weighted by molar-refractivity contribution is 0.257. The Kier molecular flexibility index (Phi) is 1.81. The van der Waals surface area contributed by atoms with Crippen LogP contribution in [0, 0.1) is 5.41 Å². The summed E-state index contributed by atoms with van der Waals surface area (Å²) in [4.78, 5) is 0.938. The predicted octanol–water partition coefficient (Wildman–Crippen LogP) is 0.367. The highest BCUT2D eigenvalue weighted by molar-refractivity contribution is 7.94. The fourth-order valence-electron chi connectivity index (χ4n) is 1.18. The van der Waals surface area contributed by atoms with Crippen molar-refractivity contribution in [2.75, 3.05) is 6.61 Å². The van der Waals surface area contributed by atoms with Gasteiger partial charge in [0.1, 0.15) is 18.2 Å². The van der Waals surface area contributed by atoms with Gasteiger partial charge in [-0.2, -0.15) is 0 Å². The first-order valence-corrected chi connectivity index (χ1v) is 4.86. The van der Waals surface area contributed by atoms with E-state index in [1.807, 2.05) is 0 Å². The Morgan fingerprint density at radius 2 is 2.46 bits per heavy atom. The van der Waals surface area contributed by atoms with Gasteiger partial charge in [0.05, 0.1) is 20.6 Å². The van der Waals surface area contributed by atoms with Crippen molar-refractivity contribution < 1.29 is 8.95 Å². The Labute approximate surface area is 77.7 Å². The van der Waals surface area contributed by atoms with Crippen LogP contribution in [0.25, 0.3) is 0 Å². The van der Waals surface area contributed by atoms with Gasteiger partial charge in [-0.1, -0.05) is 0 Å². The minimum absolute atomic E-state index is 0.162. The van der Waals surface area contributed by atoms with Gasteiger partial charge >= 0.3 is 0 Å². The third kappa shape index (κ3) is 1.21. The van der Waals surface area contributed by atoms with Crippen LogP contribution in [-0.2, 0) is 15.5 Å². The molecule has 0 saturated carbocycles. The average molecular weight is 196 g/mol. The van der Waals surface area contributed by atoms with Crippen molar-refractivity contribution in [2.45, 2.75) is 0 Å². The van der Waals surface area contributed by atoms with Crippen molar-refractivity contribution in [3.8, 4) is 0 Å². The largest absolute Gasteiger partial charge is 0.488 e. The van der Waals surface area contributed by atoms with Crippen molar-refractivity contribution in [3.63, 3.8) is 0 Å². The van der Waals surface area contributed by atoms with Crippen LogP contribution in [0.3, 0.4) is 0 Å². The van der Waals surface area contributed by atoms with Gasteiger partial charge in [-0.25, -0.2) is 4.21 Å². The molecule has 0 aliphatic carbocycles. The highest BCUT2D eigenvalue weighted by Gasteiger charge is 2.26. The summed E-state index contributed by atoms with van der Waals surface area (Å²) < 4.78 is 16.8. The lowest BCUT2D eigenvalue weighted by Crippen LogP contribution is -2.15. The number of hydrogen-bond acceptors (Lipinski definition) is 3. The van der Waals surface area contributed by atoms with Crippen LogP contribution >= 0.6 is 0 Å². The molecular weight excluding hydrogens is 188 g/mol. The number of nitrogens with one attached hydrogen (secondary N) is 1. The molecule has 1 atom stereocenters. The van der Waals surface area contributed by atoms with Gasteiger partial charge in [0.25, 0.3) is 0 Å². The van der Waals surface area contributed by atoms with Crippen LogP contribution in [0.2, 0.25) is 0 Å². The van der Waals surface area contributed by atoms with Crippen molar-refractivity contribution >= 4 is 16.6 Å². The predicted molar refractivity (Wildman–Crippen MR) is 50.3 cm³/mol. The summed E-state index contributed by atoms with van der Waals surface area (Å²) in [6.07, 6.45) is 5.10. The van der Waals surface area contributed by atoms with E-state index in [4.69, 9.17) is 15.9 Å². The van der Waals surface area contributed by atoms with Crippen molar-refractivity contribution in [1.29, 1.82) is 5.41 Å². The molecule has 4 nitrogen and oxygen atoms in total.